The smallest absolute Gasteiger partial charge is 0.317 e. The monoisotopic (exact) mass is 338 g/mol. The lowest BCUT2D eigenvalue weighted by Crippen LogP contribution is -2.43. The Balaban J connectivity index is 1.53. The summed E-state index contributed by atoms with van der Waals surface area (Å²) in [6.07, 6.45) is 5.52. The number of carbonyl (C=O) groups is 1. The fraction of sp³-hybridized carbons (Fsp3) is 0.750. The Hall–Kier alpha value is -1.64. The lowest BCUT2D eigenvalue weighted by molar-refractivity contribution is -0.0271. The van der Waals surface area contributed by atoms with Crippen LogP contribution in [-0.4, -0.2) is 73.8 Å². The van der Waals surface area contributed by atoms with E-state index in [-0.39, 0.29) is 30.3 Å². The standard InChI is InChI=1S/C16H26N4O4/c1-22-13-9-20(10-14(13)23-2)16(21)17-6-11-4-3-5-24-15(11)12-7-18-19-8-12/h7-8,11,13-15H,3-6,9-10H2,1-2H3,(H,17,21)(H,18,19)/t11-,13-,14+,15+/m0/s1. The molecule has 2 saturated heterocycles. The first-order chi connectivity index (χ1) is 11.7. The molecule has 3 heterocycles. The summed E-state index contributed by atoms with van der Waals surface area (Å²) in [7, 11) is 3.29. The second-order valence-corrected chi connectivity index (χ2v) is 6.36. The zero-order chi connectivity index (χ0) is 16.9. The number of urea groups is 1. The molecule has 134 valence electrons. The highest BCUT2D eigenvalue weighted by Gasteiger charge is 2.36. The van der Waals surface area contributed by atoms with E-state index in [0.717, 1.165) is 25.0 Å². The van der Waals surface area contributed by atoms with Crippen molar-refractivity contribution in [3.63, 3.8) is 0 Å². The van der Waals surface area contributed by atoms with Gasteiger partial charge in [-0.2, -0.15) is 5.10 Å². The van der Waals surface area contributed by atoms with Crippen LogP contribution in [0.25, 0.3) is 0 Å². The molecule has 24 heavy (non-hydrogen) atoms. The van der Waals surface area contributed by atoms with Gasteiger partial charge in [-0.3, -0.25) is 5.10 Å². The summed E-state index contributed by atoms with van der Waals surface area (Å²) in [5, 5.41) is 9.86. The maximum atomic E-state index is 12.4. The molecular weight excluding hydrogens is 312 g/mol. The average molecular weight is 338 g/mol. The van der Waals surface area contributed by atoms with Crippen molar-refractivity contribution in [2.75, 3.05) is 40.5 Å². The molecule has 2 aliphatic heterocycles. The maximum Gasteiger partial charge on any atom is 0.317 e. The summed E-state index contributed by atoms with van der Waals surface area (Å²) in [5.41, 5.74) is 1.04. The highest BCUT2D eigenvalue weighted by molar-refractivity contribution is 5.74. The number of methoxy groups -OCH3 is 2. The second-order valence-electron chi connectivity index (χ2n) is 6.36. The molecule has 2 fully saturated rings. The molecule has 0 bridgehead atoms. The van der Waals surface area contributed by atoms with Crippen molar-refractivity contribution in [1.29, 1.82) is 0 Å². The second kappa shape index (κ2) is 7.96. The Labute approximate surface area is 141 Å². The highest BCUT2D eigenvalue weighted by atomic mass is 16.5. The fourth-order valence-electron chi connectivity index (χ4n) is 3.53. The number of likely N-dealkylation sites (tertiary alicyclic amines) is 1. The SMILES string of the molecule is CO[C@H]1CN(C(=O)NC[C@@H]2CCCO[C@H]2c2cn[nH]c2)C[C@H]1OC. The number of nitrogens with zero attached hydrogens (tertiary/aromatic N) is 2. The number of ether oxygens (including phenoxy) is 3. The van der Waals surface area contributed by atoms with Gasteiger partial charge in [-0.1, -0.05) is 0 Å². The molecule has 2 amide bonds. The molecule has 0 radical (unpaired) electrons. The number of aromatic amines is 1. The normalized spacial score (nSPS) is 30.5. The molecule has 0 aromatic carbocycles. The van der Waals surface area contributed by atoms with Crippen molar-refractivity contribution in [2.45, 2.75) is 31.2 Å². The molecule has 4 atom stereocenters. The van der Waals surface area contributed by atoms with Crippen molar-refractivity contribution < 1.29 is 19.0 Å². The van der Waals surface area contributed by atoms with Gasteiger partial charge in [0.05, 0.1) is 25.4 Å². The molecule has 3 rings (SSSR count). The van der Waals surface area contributed by atoms with Crippen LogP contribution in [0.1, 0.15) is 24.5 Å². The molecule has 0 aliphatic carbocycles. The largest absolute Gasteiger partial charge is 0.377 e. The van der Waals surface area contributed by atoms with E-state index in [0.29, 0.717) is 19.6 Å². The van der Waals surface area contributed by atoms with Gasteiger partial charge in [0.15, 0.2) is 0 Å². The van der Waals surface area contributed by atoms with Gasteiger partial charge in [-0.25, -0.2) is 4.79 Å². The minimum atomic E-state index is -0.0758. The van der Waals surface area contributed by atoms with Crippen molar-refractivity contribution >= 4 is 6.03 Å². The first-order valence-electron chi connectivity index (χ1n) is 8.41. The minimum Gasteiger partial charge on any atom is -0.377 e. The van der Waals surface area contributed by atoms with E-state index in [1.54, 1.807) is 25.3 Å². The summed E-state index contributed by atoms with van der Waals surface area (Å²) in [6, 6.07) is -0.0758. The number of aromatic nitrogens is 2. The van der Waals surface area contributed by atoms with Crippen molar-refractivity contribution in [3.05, 3.63) is 18.0 Å². The molecule has 0 unspecified atom stereocenters. The van der Waals surface area contributed by atoms with E-state index >= 15 is 0 Å². The average Bonchev–Trinajstić information content (AvgIpc) is 3.29. The van der Waals surface area contributed by atoms with Crippen LogP contribution in [0, 0.1) is 5.92 Å². The highest BCUT2D eigenvalue weighted by Crippen LogP contribution is 2.32. The van der Waals surface area contributed by atoms with Crippen LogP contribution in [0.15, 0.2) is 12.4 Å². The number of hydrogen-bond acceptors (Lipinski definition) is 5. The zero-order valence-corrected chi connectivity index (χ0v) is 14.2. The number of rotatable bonds is 5. The molecule has 2 N–H and O–H groups in total. The molecule has 0 saturated carbocycles. The number of hydrogen-bond donors (Lipinski definition) is 2. The number of amides is 2. The Morgan fingerprint density at radius 1 is 1.42 bits per heavy atom. The summed E-state index contributed by atoms with van der Waals surface area (Å²) < 4.78 is 16.7. The third-order valence-corrected chi connectivity index (χ3v) is 4.92. The van der Waals surface area contributed by atoms with Crippen LogP contribution in [0.4, 0.5) is 4.79 Å². The summed E-state index contributed by atoms with van der Waals surface area (Å²) in [5.74, 6) is 0.249. The van der Waals surface area contributed by atoms with E-state index in [9.17, 15) is 4.79 Å². The van der Waals surface area contributed by atoms with Gasteiger partial charge in [-0.15, -0.1) is 0 Å². The fourth-order valence-corrected chi connectivity index (χ4v) is 3.53. The van der Waals surface area contributed by atoms with Gasteiger partial charge in [0.1, 0.15) is 12.2 Å². The predicted molar refractivity (Wildman–Crippen MR) is 86.6 cm³/mol. The molecular formula is C16H26N4O4. The molecule has 8 nitrogen and oxygen atoms in total. The van der Waals surface area contributed by atoms with Gasteiger partial charge in [0.25, 0.3) is 0 Å². The lowest BCUT2D eigenvalue weighted by Gasteiger charge is -2.31. The van der Waals surface area contributed by atoms with Gasteiger partial charge in [-0.05, 0) is 12.8 Å². The van der Waals surface area contributed by atoms with E-state index in [1.165, 1.54) is 0 Å². The van der Waals surface area contributed by atoms with E-state index in [1.807, 2.05) is 6.20 Å². The van der Waals surface area contributed by atoms with Crippen molar-refractivity contribution in [3.8, 4) is 0 Å². The number of H-pyrrole nitrogens is 1. The van der Waals surface area contributed by atoms with Crippen LogP contribution in [0.3, 0.4) is 0 Å². The van der Waals surface area contributed by atoms with Crippen LogP contribution in [0.2, 0.25) is 0 Å². The van der Waals surface area contributed by atoms with E-state index < -0.39 is 0 Å². The van der Waals surface area contributed by atoms with E-state index in [4.69, 9.17) is 14.2 Å². The Kier molecular flexibility index (Phi) is 5.70. The zero-order valence-electron chi connectivity index (χ0n) is 14.2. The van der Waals surface area contributed by atoms with Crippen LogP contribution in [0.5, 0.6) is 0 Å². The number of nitrogens with one attached hydrogen (secondary N) is 2. The first kappa shape index (κ1) is 17.2. The van der Waals surface area contributed by atoms with Crippen molar-refractivity contribution in [1.82, 2.24) is 20.4 Å². The van der Waals surface area contributed by atoms with E-state index in [2.05, 4.69) is 15.5 Å². The topological polar surface area (TPSA) is 88.7 Å². The van der Waals surface area contributed by atoms with Gasteiger partial charge in [0.2, 0.25) is 0 Å². The minimum absolute atomic E-state index is 0.0187. The molecule has 1 aromatic rings. The van der Waals surface area contributed by atoms with Crippen molar-refractivity contribution in [2.24, 2.45) is 5.92 Å². The molecule has 0 spiro atoms. The Morgan fingerprint density at radius 2 is 2.17 bits per heavy atom. The molecule has 8 heteroatoms. The quantitative estimate of drug-likeness (QED) is 0.834. The third-order valence-electron chi connectivity index (χ3n) is 4.92. The Morgan fingerprint density at radius 3 is 2.79 bits per heavy atom. The predicted octanol–water partition coefficient (Wildman–Crippen LogP) is 0.933. The van der Waals surface area contributed by atoms with Gasteiger partial charge < -0.3 is 24.4 Å². The van der Waals surface area contributed by atoms with Crippen LogP contribution < -0.4 is 5.32 Å². The van der Waals surface area contributed by atoms with Crippen LogP contribution in [-0.2, 0) is 14.2 Å². The van der Waals surface area contributed by atoms with Gasteiger partial charge in [0, 0.05) is 45.0 Å². The Bertz CT molecular complexity index is 512. The summed E-state index contributed by atoms with van der Waals surface area (Å²) in [6.45, 7) is 2.43. The summed E-state index contributed by atoms with van der Waals surface area (Å²) >= 11 is 0. The van der Waals surface area contributed by atoms with Gasteiger partial charge >= 0.3 is 6.03 Å². The van der Waals surface area contributed by atoms with Crippen LogP contribution >= 0.6 is 0 Å². The summed E-state index contributed by atoms with van der Waals surface area (Å²) in [4.78, 5) is 14.2. The molecule has 1 aromatic heterocycles. The molecule has 2 aliphatic rings. The number of carbonyl (C=O) groups excluding carboxylic acids is 1. The lowest BCUT2D eigenvalue weighted by atomic mass is 9.91. The maximum absolute atomic E-state index is 12.4. The first-order valence-corrected chi connectivity index (χ1v) is 8.41. The third kappa shape index (κ3) is 3.71.